The molecule has 0 spiro atoms. The van der Waals surface area contributed by atoms with Gasteiger partial charge in [0.05, 0.1) is 6.61 Å². The van der Waals surface area contributed by atoms with Crippen molar-refractivity contribution in [2.75, 3.05) is 18.5 Å². The number of hydrogen-bond donors (Lipinski definition) is 2. The van der Waals surface area contributed by atoms with Crippen molar-refractivity contribution in [3.05, 3.63) is 36.2 Å². The molecule has 2 heterocycles. The quantitative estimate of drug-likeness (QED) is 0.773. The third kappa shape index (κ3) is 2.61. The number of aromatic nitrogens is 3. The number of nitrogens with one attached hydrogen (secondary N) is 1. The molecule has 2 N–H and O–H groups in total. The van der Waals surface area contributed by atoms with Crippen molar-refractivity contribution in [2.24, 2.45) is 5.92 Å². The first-order valence-electron chi connectivity index (χ1n) is 6.65. The van der Waals surface area contributed by atoms with Gasteiger partial charge in [-0.1, -0.05) is 18.2 Å². The normalized spacial score (nSPS) is 14.8. The number of aliphatic hydroxyl groups excluding tert-OH is 1. The molecule has 3 rings (SSSR count). The Morgan fingerprint density at radius 1 is 1.47 bits per heavy atom. The predicted molar refractivity (Wildman–Crippen MR) is 74.1 cm³/mol. The fourth-order valence-electron chi connectivity index (χ4n) is 2.18. The van der Waals surface area contributed by atoms with Gasteiger partial charge in [-0.15, -0.1) is 5.10 Å². The second kappa shape index (κ2) is 5.01. The molecule has 0 bridgehead atoms. The average Bonchev–Trinajstić information content (AvgIpc) is 3.17. The fourth-order valence-corrected chi connectivity index (χ4v) is 2.18. The van der Waals surface area contributed by atoms with Gasteiger partial charge in [-0.05, 0) is 30.9 Å². The number of hydrogen-bond acceptors (Lipinski definition) is 4. The van der Waals surface area contributed by atoms with E-state index >= 15 is 0 Å². The van der Waals surface area contributed by atoms with E-state index in [1.807, 2.05) is 18.2 Å². The summed E-state index contributed by atoms with van der Waals surface area (Å²) in [5.74, 6) is 2.34. The van der Waals surface area contributed by atoms with Crippen molar-refractivity contribution in [1.82, 2.24) is 14.6 Å². The van der Waals surface area contributed by atoms with Gasteiger partial charge in [-0.3, -0.25) is 0 Å². The lowest BCUT2D eigenvalue weighted by Gasteiger charge is -2.05. The zero-order valence-electron chi connectivity index (χ0n) is 10.8. The summed E-state index contributed by atoms with van der Waals surface area (Å²) in [6, 6.07) is 5.79. The van der Waals surface area contributed by atoms with E-state index < -0.39 is 0 Å². The third-order valence-corrected chi connectivity index (χ3v) is 3.36. The largest absolute Gasteiger partial charge is 0.395 e. The lowest BCUT2D eigenvalue weighted by Crippen LogP contribution is -2.09. The molecule has 0 aliphatic heterocycles. The minimum Gasteiger partial charge on any atom is -0.395 e. The van der Waals surface area contributed by atoms with Crippen LogP contribution in [0.4, 0.5) is 5.82 Å². The average molecular weight is 258 g/mol. The van der Waals surface area contributed by atoms with Gasteiger partial charge in [0.1, 0.15) is 5.82 Å². The van der Waals surface area contributed by atoms with Crippen LogP contribution in [0.25, 0.3) is 5.65 Å². The summed E-state index contributed by atoms with van der Waals surface area (Å²) in [7, 11) is 0. The topological polar surface area (TPSA) is 62.5 Å². The van der Waals surface area contributed by atoms with Crippen LogP contribution in [0.2, 0.25) is 0 Å². The molecule has 2 aromatic heterocycles. The minimum atomic E-state index is 0.0937. The van der Waals surface area contributed by atoms with Crippen molar-refractivity contribution < 1.29 is 5.11 Å². The van der Waals surface area contributed by atoms with E-state index in [9.17, 15) is 0 Å². The monoisotopic (exact) mass is 258 g/mol. The molecule has 0 atom stereocenters. The van der Waals surface area contributed by atoms with Crippen LogP contribution in [0, 0.1) is 5.92 Å². The molecule has 0 radical (unpaired) electrons. The number of anilines is 1. The first kappa shape index (κ1) is 12.2. The molecule has 0 aromatic carbocycles. The molecule has 1 saturated carbocycles. The Hall–Kier alpha value is -1.88. The minimum absolute atomic E-state index is 0.0937. The first-order valence-corrected chi connectivity index (χ1v) is 6.65. The van der Waals surface area contributed by atoms with Gasteiger partial charge in [-0.2, -0.15) is 4.52 Å². The second-order valence-corrected chi connectivity index (χ2v) is 4.97. The van der Waals surface area contributed by atoms with Crippen LogP contribution < -0.4 is 5.32 Å². The molecule has 2 aromatic rings. The Bertz CT molecular complexity index is 601. The van der Waals surface area contributed by atoms with Crippen LogP contribution in [-0.2, 0) is 6.42 Å². The Labute approximate surface area is 112 Å². The highest BCUT2D eigenvalue weighted by atomic mass is 16.3. The number of allylic oxidation sites excluding steroid dienone is 1. The van der Waals surface area contributed by atoms with Gasteiger partial charge >= 0.3 is 0 Å². The summed E-state index contributed by atoms with van der Waals surface area (Å²) in [4.78, 5) is 4.52. The van der Waals surface area contributed by atoms with Gasteiger partial charge in [-0.25, -0.2) is 4.98 Å². The molecule has 5 nitrogen and oxygen atoms in total. The van der Waals surface area contributed by atoms with E-state index in [1.165, 1.54) is 18.4 Å². The predicted octanol–water partition coefficient (Wildman–Crippen LogP) is 1.64. The lowest BCUT2D eigenvalue weighted by atomic mass is 10.1. The maximum atomic E-state index is 8.87. The second-order valence-electron chi connectivity index (χ2n) is 4.97. The lowest BCUT2D eigenvalue weighted by molar-refractivity contribution is 0.311. The number of fused-ring (bicyclic) bond motifs is 1. The van der Waals surface area contributed by atoms with Crippen LogP contribution in [0.15, 0.2) is 30.4 Å². The summed E-state index contributed by atoms with van der Waals surface area (Å²) in [5.41, 5.74) is 2.06. The van der Waals surface area contributed by atoms with E-state index in [1.54, 1.807) is 4.52 Å². The Morgan fingerprint density at radius 2 is 2.32 bits per heavy atom. The molecule has 19 heavy (non-hydrogen) atoms. The fraction of sp³-hybridized carbons (Fsp3) is 0.429. The zero-order chi connectivity index (χ0) is 13.2. The standard InChI is InChI=1S/C14H18N4O/c1-10(11-5-6-11)9-12-16-14-4-2-3-13(15-7-8-19)18(14)17-12/h2-4,11,15,19H,1,5-9H2. The first-order chi connectivity index (χ1) is 9.28. The van der Waals surface area contributed by atoms with Gasteiger partial charge in [0.15, 0.2) is 11.5 Å². The van der Waals surface area contributed by atoms with Gasteiger partial charge in [0.25, 0.3) is 0 Å². The zero-order valence-corrected chi connectivity index (χ0v) is 10.8. The number of pyridine rings is 1. The highest BCUT2D eigenvalue weighted by Crippen LogP contribution is 2.36. The summed E-state index contributed by atoms with van der Waals surface area (Å²) in [6.45, 7) is 4.71. The Morgan fingerprint density at radius 3 is 3.05 bits per heavy atom. The molecule has 0 unspecified atom stereocenters. The smallest absolute Gasteiger partial charge is 0.158 e. The molecule has 5 heteroatoms. The number of rotatable bonds is 6. The SMILES string of the molecule is C=C(Cc1nc2cccc(NCCO)n2n1)C1CC1. The van der Waals surface area contributed by atoms with Crippen molar-refractivity contribution in [1.29, 1.82) is 0 Å². The van der Waals surface area contributed by atoms with Gasteiger partial charge in [0.2, 0.25) is 0 Å². The molecule has 0 amide bonds. The summed E-state index contributed by atoms with van der Waals surface area (Å²) < 4.78 is 1.78. The van der Waals surface area contributed by atoms with Crippen LogP contribution >= 0.6 is 0 Å². The summed E-state index contributed by atoms with van der Waals surface area (Å²) in [5, 5.41) is 16.5. The van der Waals surface area contributed by atoms with Crippen molar-refractivity contribution in [3.8, 4) is 0 Å². The highest BCUT2D eigenvalue weighted by molar-refractivity contribution is 5.48. The molecular formula is C14H18N4O. The van der Waals surface area contributed by atoms with Gasteiger partial charge < -0.3 is 10.4 Å². The highest BCUT2D eigenvalue weighted by Gasteiger charge is 2.25. The summed E-state index contributed by atoms with van der Waals surface area (Å²) in [6.07, 6.45) is 3.27. The van der Waals surface area contributed by atoms with Gasteiger partial charge in [0, 0.05) is 13.0 Å². The number of nitrogens with zero attached hydrogens (tertiary/aromatic N) is 3. The van der Waals surface area contributed by atoms with Crippen LogP contribution in [0.5, 0.6) is 0 Å². The van der Waals surface area contributed by atoms with E-state index in [0.29, 0.717) is 12.5 Å². The third-order valence-electron chi connectivity index (χ3n) is 3.36. The molecule has 1 aliphatic rings. The molecule has 1 aliphatic carbocycles. The molecule has 0 saturated heterocycles. The van der Waals surface area contributed by atoms with E-state index in [2.05, 4.69) is 22.0 Å². The van der Waals surface area contributed by atoms with Crippen LogP contribution in [0.1, 0.15) is 18.7 Å². The Kier molecular flexibility index (Phi) is 3.21. The summed E-state index contributed by atoms with van der Waals surface area (Å²) >= 11 is 0. The maximum absolute atomic E-state index is 8.87. The van der Waals surface area contributed by atoms with Crippen molar-refractivity contribution in [2.45, 2.75) is 19.3 Å². The van der Waals surface area contributed by atoms with Crippen molar-refractivity contribution >= 4 is 11.5 Å². The van der Waals surface area contributed by atoms with E-state index in [0.717, 1.165) is 23.7 Å². The molecule has 100 valence electrons. The molecule has 1 fully saturated rings. The Balaban J connectivity index is 1.84. The van der Waals surface area contributed by atoms with Crippen molar-refractivity contribution in [3.63, 3.8) is 0 Å². The van der Waals surface area contributed by atoms with Crippen LogP contribution in [-0.4, -0.2) is 32.9 Å². The maximum Gasteiger partial charge on any atom is 0.158 e. The molecular weight excluding hydrogens is 240 g/mol. The van der Waals surface area contributed by atoms with E-state index in [4.69, 9.17) is 5.11 Å². The number of aliphatic hydroxyl groups is 1. The van der Waals surface area contributed by atoms with E-state index in [-0.39, 0.29) is 6.61 Å². The van der Waals surface area contributed by atoms with Crippen LogP contribution in [0.3, 0.4) is 0 Å².